The predicted molar refractivity (Wildman–Crippen MR) is 128 cm³/mol. The molecule has 0 N–H and O–H groups in total. The SMILES string of the molecule is Cc1c(-c2ccc(OC3C[C@H]4CC[C@@H](C3)N4C(=O)[C@H]3CCCO3)cc2)ccc2cccnc12. The fourth-order valence-corrected chi connectivity index (χ4v) is 6.03. The van der Waals surface area contributed by atoms with Crippen LogP contribution in [0.25, 0.3) is 22.0 Å². The number of hydrogen-bond acceptors (Lipinski definition) is 4. The molecule has 2 bridgehead atoms. The highest BCUT2D eigenvalue weighted by atomic mass is 16.5. The van der Waals surface area contributed by atoms with Gasteiger partial charge in [0.05, 0.1) is 5.52 Å². The van der Waals surface area contributed by atoms with E-state index in [4.69, 9.17) is 9.47 Å². The first-order valence-electron chi connectivity index (χ1n) is 12.2. The minimum absolute atomic E-state index is 0.161. The first kappa shape index (κ1) is 20.7. The highest BCUT2D eigenvalue weighted by Gasteiger charge is 2.46. The van der Waals surface area contributed by atoms with Gasteiger partial charge < -0.3 is 14.4 Å². The highest BCUT2D eigenvalue weighted by molar-refractivity contribution is 5.88. The van der Waals surface area contributed by atoms with Crippen molar-refractivity contribution in [3.8, 4) is 16.9 Å². The average Bonchev–Trinajstić information content (AvgIpc) is 3.47. The summed E-state index contributed by atoms with van der Waals surface area (Å²) in [5.74, 6) is 1.11. The third-order valence-corrected chi connectivity index (χ3v) is 7.65. The number of piperidine rings is 1. The van der Waals surface area contributed by atoms with Crippen molar-refractivity contribution in [3.63, 3.8) is 0 Å². The molecular formula is C28H30N2O3. The molecule has 4 heterocycles. The lowest BCUT2D eigenvalue weighted by molar-refractivity contribution is -0.147. The Morgan fingerprint density at radius 1 is 1.03 bits per heavy atom. The van der Waals surface area contributed by atoms with Gasteiger partial charge in [0.2, 0.25) is 0 Å². The van der Waals surface area contributed by atoms with Crippen molar-refractivity contribution in [1.29, 1.82) is 0 Å². The molecule has 5 heteroatoms. The quantitative estimate of drug-likeness (QED) is 0.551. The van der Waals surface area contributed by atoms with Crippen LogP contribution in [0.15, 0.2) is 54.7 Å². The Morgan fingerprint density at radius 2 is 1.82 bits per heavy atom. The lowest BCUT2D eigenvalue weighted by Gasteiger charge is -2.39. The summed E-state index contributed by atoms with van der Waals surface area (Å²) in [4.78, 5) is 19.7. The molecule has 33 heavy (non-hydrogen) atoms. The number of pyridine rings is 1. The van der Waals surface area contributed by atoms with E-state index in [0.717, 1.165) is 61.8 Å². The Morgan fingerprint density at radius 3 is 2.55 bits per heavy atom. The molecule has 170 valence electrons. The molecule has 0 radical (unpaired) electrons. The Balaban J connectivity index is 1.14. The van der Waals surface area contributed by atoms with Crippen LogP contribution in [0.4, 0.5) is 0 Å². The van der Waals surface area contributed by atoms with Crippen LogP contribution in [-0.4, -0.2) is 46.7 Å². The first-order valence-corrected chi connectivity index (χ1v) is 12.2. The zero-order valence-electron chi connectivity index (χ0n) is 19.1. The van der Waals surface area contributed by atoms with Crippen LogP contribution in [0.5, 0.6) is 5.75 Å². The van der Waals surface area contributed by atoms with Crippen molar-refractivity contribution in [2.24, 2.45) is 0 Å². The highest BCUT2D eigenvalue weighted by Crippen LogP contribution is 2.39. The molecule has 0 spiro atoms. The second-order valence-electron chi connectivity index (χ2n) is 9.68. The summed E-state index contributed by atoms with van der Waals surface area (Å²) in [6.07, 6.45) is 7.64. The smallest absolute Gasteiger partial charge is 0.252 e. The van der Waals surface area contributed by atoms with E-state index >= 15 is 0 Å². The fourth-order valence-electron chi connectivity index (χ4n) is 6.03. The monoisotopic (exact) mass is 442 g/mol. The molecule has 1 aromatic heterocycles. The van der Waals surface area contributed by atoms with E-state index in [-0.39, 0.29) is 30.2 Å². The number of rotatable bonds is 4. The van der Waals surface area contributed by atoms with Crippen molar-refractivity contribution >= 4 is 16.8 Å². The molecule has 1 amide bonds. The van der Waals surface area contributed by atoms with Gasteiger partial charge in [0.25, 0.3) is 5.91 Å². The standard InChI is InChI=1S/C28H30N2O3/c1-18-25(13-8-20-4-2-14-29-27(18)20)19-6-11-23(12-7-19)33-24-16-21-9-10-22(17-24)30(21)28(31)26-5-3-15-32-26/h2,4,6-8,11-14,21-22,24,26H,3,5,9-10,15-17H2,1H3/t21-,22+,24?,26-/m1/s1. The maximum absolute atomic E-state index is 13.0. The molecule has 4 atom stereocenters. The molecule has 6 rings (SSSR count). The average molecular weight is 443 g/mol. The zero-order valence-corrected chi connectivity index (χ0v) is 19.1. The third kappa shape index (κ3) is 3.78. The number of amides is 1. The van der Waals surface area contributed by atoms with E-state index in [1.54, 1.807) is 0 Å². The Bertz CT molecular complexity index is 1160. The number of ether oxygens (including phenoxy) is 2. The van der Waals surface area contributed by atoms with Crippen molar-refractivity contribution in [1.82, 2.24) is 9.88 Å². The van der Waals surface area contributed by atoms with Crippen molar-refractivity contribution < 1.29 is 14.3 Å². The summed E-state index contributed by atoms with van der Waals surface area (Å²) in [6, 6.07) is 17.4. The number of benzene rings is 2. The first-order chi connectivity index (χ1) is 16.2. The molecule has 0 saturated carbocycles. The molecule has 3 aromatic rings. The summed E-state index contributed by atoms with van der Waals surface area (Å²) >= 11 is 0. The lowest BCUT2D eigenvalue weighted by Crippen LogP contribution is -2.52. The van der Waals surface area contributed by atoms with Gasteiger partial charge in [-0.1, -0.05) is 30.3 Å². The van der Waals surface area contributed by atoms with Gasteiger partial charge in [0.15, 0.2) is 0 Å². The Labute approximate surface area is 194 Å². The summed E-state index contributed by atoms with van der Waals surface area (Å²) in [6.45, 7) is 2.85. The van der Waals surface area contributed by atoms with E-state index in [1.165, 1.54) is 16.7 Å². The maximum atomic E-state index is 13.0. The van der Waals surface area contributed by atoms with E-state index in [9.17, 15) is 4.79 Å². The lowest BCUT2D eigenvalue weighted by atomic mass is 9.97. The molecule has 3 aliphatic heterocycles. The number of nitrogens with zero attached hydrogens (tertiary/aromatic N) is 2. The topological polar surface area (TPSA) is 51.7 Å². The number of fused-ring (bicyclic) bond motifs is 3. The summed E-state index contributed by atoms with van der Waals surface area (Å²) in [7, 11) is 0. The molecule has 3 saturated heterocycles. The number of carbonyl (C=O) groups excluding carboxylic acids is 1. The van der Waals surface area contributed by atoms with Crippen LogP contribution in [0.1, 0.15) is 44.1 Å². The van der Waals surface area contributed by atoms with Crippen LogP contribution in [0, 0.1) is 6.92 Å². The third-order valence-electron chi connectivity index (χ3n) is 7.65. The van der Waals surface area contributed by atoms with Crippen molar-refractivity contribution in [2.75, 3.05) is 6.61 Å². The fraction of sp³-hybridized carbons (Fsp3) is 0.429. The molecule has 1 unspecified atom stereocenters. The van der Waals surface area contributed by atoms with Gasteiger partial charge in [-0.05, 0) is 67.5 Å². The minimum Gasteiger partial charge on any atom is -0.490 e. The van der Waals surface area contributed by atoms with Crippen molar-refractivity contribution in [2.45, 2.75) is 69.7 Å². The summed E-state index contributed by atoms with van der Waals surface area (Å²) in [5, 5.41) is 1.16. The molecule has 2 aromatic carbocycles. The molecule has 5 nitrogen and oxygen atoms in total. The van der Waals surface area contributed by atoms with Gasteiger partial charge in [-0.15, -0.1) is 0 Å². The van der Waals surface area contributed by atoms with Gasteiger partial charge in [-0.2, -0.15) is 0 Å². The van der Waals surface area contributed by atoms with Gasteiger partial charge in [0, 0.05) is 43.1 Å². The van der Waals surface area contributed by atoms with E-state index in [2.05, 4.69) is 59.3 Å². The van der Waals surface area contributed by atoms with Gasteiger partial charge >= 0.3 is 0 Å². The van der Waals surface area contributed by atoms with E-state index < -0.39 is 0 Å². The van der Waals surface area contributed by atoms with Gasteiger partial charge in [-0.25, -0.2) is 0 Å². The zero-order chi connectivity index (χ0) is 22.4. The number of hydrogen-bond donors (Lipinski definition) is 0. The predicted octanol–water partition coefficient (Wildman–Crippen LogP) is 5.29. The molecular weight excluding hydrogens is 412 g/mol. The largest absolute Gasteiger partial charge is 0.490 e. The Hall–Kier alpha value is -2.92. The second kappa shape index (κ2) is 8.45. The van der Waals surface area contributed by atoms with Crippen LogP contribution >= 0.6 is 0 Å². The normalized spacial score (nSPS) is 26.6. The van der Waals surface area contributed by atoms with E-state index in [0.29, 0.717) is 0 Å². The van der Waals surface area contributed by atoms with Crippen molar-refractivity contribution in [3.05, 3.63) is 60.3 Å². The van der Waals surface area contributed by atoms with Crippen LogP contribution in [-0.2, 0) is 9.53 Å². The molecule has 0 aliphatic carbocycles. The molecule has 3 fully saturated rings. The number of aryl methyl sites for hydroxylation is 1. The maximum Gasteiger partial charge on any atom is 0.252 e. The van der Waals surface area contributed by atoms with Crippen LogP contribution < -0.4 is 4.74 Å². The Kier molecular flexibility index (Phi) is 5.30. The minimum atomic E-state index is -0.216. The van der Waals surface area contributed by atoms with Gasteiger partial charge in [0.1, 0.15) is 18.0 Å². The number of aromatic nitrogens is 1. The van der Waals surface area contributed by atoms with Crippen LogP contribution in [0.3, 0.4) is 0 Å². The summed E-state index contributed by atoms with van der Waals surface area (Å²) < 4.78 is 12.1. The second-order valence-corrected chi connectivity index (χ2v) is 9.68. The molecule has 3 aliphatic rings. The van der Waals surface area contributed by atoms with Crippen LogP contribution in [0.2, 0.25) is 0 Å². The van der Waals surface area contributed by atoms with Gasteiger partial charge in [-0.3, -0.25) is 9.78 Å². The summed E-state index contributed by atoms with van der Waals surface area (Å²) in [5.41, 5.74) is 4.62. The van der Waals surface area contributed by atoms with E-state index in [1.807, 2.05) is 12.3 Å². The number of carbonyl (C=O) groups is 1.